The van der Waals surface area contributed by atoms with E-state index in [4.69, 9.17) is 11.6 Å². The van der Waals surface area contributed by atoms with Crippen molar-refractivity contribution in [2.45, 2.75) is 6.92 Å². The first-order chi connectivity index (χ1) is 10.0. The van der Waals surface area contributed by atoms with Crippen LogP contribution < -0.4 is 5.32 Å². The molecule has 0 fully saturated rings. The molecule has 7 heteroatoms. The van der Waals surface area contributed by atoms with Crippen molar-refractivity contribution in [1.82, 2.24) is 9.97 Å². The highest BCUT2D eigenvalue weighted by atomic mass is 79.9. The molecule has 0 aliphatic carbocycles. The molecule has 21 heavy (non-hydrogen) atoms. The minimum atomic E-state index is -0.329. The number of fused-ring (bicyclic) bond motifs is 1. The lowest BCUT2D eigenvalue weighted by atomic mass is 10.2. The maximum atomic E-state index is 12.2. The molecule has 0 aliphatic rings. The van der Waals surface area contributed by atoms with Crippen LogP contribution in [0.4, 0.5) is 5.13 Å². The van der Waals surface area contributed by atoms with Crippen LogP contribution in [0.15, 0.2) is 34.9 Å². The lowest BCUT2D eigenvalue weighted by Gasteiger charge is -2.03. The molecule has 0 bridgehead atoms. The van der Waals surface area contributed by atoms with Crippen molar-refractivity contribution in [2.24, 2.45) is 0 Å². The van der Waals surface area contributed by atoms with Gasteiger partial charge in [-0.15, -0.1) is 0 Å². The average molecular weight is 383 g/mol. The second-order valence-electron chi connectivity index (χ2n) is 4.44. The summed E-state index contributed by atoms with van der Waals surface area (Å²) >= 11 is 10.6. The first kappa shape index (κ1) is 14.4. The molecule has 0 aliphatic heterocycles. The zero-order valence-corrected chi connectivity index (χ0v) is 14.0. The number of pyridine rings is 1. The third kappa shape index (κ3) is 3.07. The van der Waals surface area contributed by atoms with Gasteiger partial charge < -0.3 is 0 Å². The number of carbonyl (C=O) groups is 1. The summed E-state index contributed by atoms with van der Waals surface area (Å²) in [7, 11) is 0. The van der Waals surface area contributed by atoms with Gasteiger partial charge in [-0.05, 0) is 46.6 Å². The molecule has 0 radical (unpaired) electrons. The predicted octanol–water partition coefficient (Wildman–Crippen LogP) is 4.67. The number of hydrogen-bond donors (Lipinski definition) is 1. The predicted molar refractivity (Wildman–Crippen MR) is 89.3 cm³/mol. The molecule has 2 aromatic heterocycles. The van der Waals surface area contributed by atoms with Crippen molar-refractivity contribution in [2.75, 3.05) is 5.32 Å². The fourth-order valence-electron chi connectivity index (χ4n) is 1.83. The highest BCUT2D eigenvalue weighted by Crippen LogP contribution is 2.27. The number of carbonyl (C=O) groups excluding carboxylic acids is 1. The van der Waals surface area contributed by atoms with Gasteiger partial charge in [-0.25, -0.2) is 9.97 Å². The first-order valence-electron chi connectivity index (χ1n) is 6.02. The molecule has 0 saturated carbocycles. The van der Waals surface area contributed by atoms with E-state index in [1.165, 1.54) is 11.3 Å². The highest BCUT2D eigenvalue weighted by molar-refractivity contribution is 9.10. The lowest BCUT2D eigenvalue weighted by molar-refractivity contribution is 0.102. The fraction of sp³-hybridized carbons (Fsp3) is 0.0714. The van der Waals surface area contributed by atoms with Gasteiger partial charge in [-0.1, -0.05) is 29.0 Å². The van der Waals surface area contributed by atoms with Crippen molar-refractivity contribution in [3.05, 3.63) is 51.2 Å². The van der Waals surface area contributed by atoms with Crippen LogP contribution >= 0.6 is 38.9 Å². The minimum absolute atomic E-state index is 0.160. The van der Waals surface area contributed by atoms with Crippen LogP contribution in [0, 0.1) is 6.92 Å². The highest BCUT2D eigenvalue weighted by Gasteiger charge is 2.14. The molecule has 3 aromatic rings. The van der Waals surface area contributed by atoms with E-state index in [1.54, 1.807) is 12.3 Å². The third-order valence-corrected chi connectivity index (χ3v) is 4.48. The van der Waals surface area contributed by atoms with Crippen LogP contribution in [0.3, 0.4) is 0 Å². The van der Waals surface area contributed by atoms with Crippen molar-refractivity contribution >= 4 is 60.1 Å². The Morgan fingerprint density at radius 2 is 2.19 bits per heavy atom. The van der Waals surface area contributed by atoms with Crippen molar-refractivity contribution in [1.29, 1.82) is 0 Å². The maximum absolute atomic E-state index is 12.2. The van der Waals surface area contributed by atoms with Crippen molar-refractivity contribution in [3.63, 3.8) is 0 Å². The van der Waals surface area contributed by atoms with E-state index in [0.717, 1.165) is 15.8 Å². The number of anilines is 1. The normalized spacial score (nSPS) is 10.8. The summed E-state index contributed by atoms with van der Waals surface area (Å²) in [4.78, 5) is 20.6. The summed E-state index contributed by atoms with van der Waals surface area (Å²) < 4.78 is 1.72. The molecule has 2 heterocycles. The number of nitrogens with one attached hydrogen (secondary N) is 1. The van der Waals surface area contributed by atoms with Gasteiger partial charge in [0.05, 0.1) is 15.8 Å². The number of aromatic nitrogens is 2. The fourth-order valence-corrected chi connectivity index (χ4v) is 3.31. The number of halogens is 2. The number of amides is 1. The Morgan fingerprint density at radius 3 is 3.00 bits per heavy atom. The maximum Gasteiger partial charge on any atom is 0.260 e. The molecule has 3 rings (SSSR count). The molecule has 106 valence electrons. The van der Waals surface area contributed by atoms with E-state index in [0.29, 0.717) is 15.2 Å². The van der Waals surface area contributed by atoms with Crippen LogP contribution in [0.2, 0.25) is 5.15 Å². The molecule has 0 saturated heterocycles. The van der Waals surface area contributed by atoms with E-state index < -0.39 is 0 Å². The average Bonchev–Trinajstić information content (AvgIpc) is 2.82. The van der Waals surface area contributed by atoms with Gasteiger partial charge >= 0.3 is 0 Å². The largest absolute Gasteiger partial charge is 0.298 e. The molecule has 0 unspecified atom stereocenters. The third-order valence-electron chi connectivity index (χ3n) is 2.81. The summed E-state index contributed by atoms with van der Waals surface area (Å²) in [6.07, 6.45) is 1.54. The summed E-state index contributed by atoms with van der Waals surface area (Å²) in [6.45, 7) is 2.02. The van der Waals surface area contributed by atoms with E-state index in [2.05, 4.69) is 31.2 Å². The second-order valence-corrected chi connectivity index (χ2v) is 6.74. The van der Waals surface area contributed by atoms with Gasteiger partial charge in [0.1, 0.15) is 5.15 Å². The monoisotopic (exact) mass is 381 g/mol. The SMILES string of the molecule is Cc1ccc2nc(NC(=O)c3cc(Br)cnc3Cl)sc2c1. The standard InChI is InChI=1S/C14H9BrClN3OS/c1-7-2-3-10-11(4-7)21-14(18-10)19-13(20)9-5-8(15)6-17-12(9)16/h2-6H,1H3,(H,18,19,20). The van der Waals surface area contributed by atoms with Gasteiger partial charge in [-0.3, -0.25) is 10.1 Å². The van der Waals surface area contributed by atoms with Gasteiger partial charge in [0.15, 0.2) is 5.13 Å². The van der Waals surface area contributed by atoms with Crippen LogP contribution in [0.5, 0.6) is 0 Å². The molecule has 1 N–H and O–H groups in total. The number of nitrogens with zero attached hydrogens (tertiary/aromatic N) is 2. The van der Waals surface area contributed by atoms with Crippen molar-refractivity contribution in [3.8, 4) is 0 Å². The lowest BCUT2D eigenvalue weighted by Crippen LogP contribution is -2.12. The number of aryl methyl sites for hydroxylation is 1. The Morgan fingerprint density at radius 1 is 1.38 bits per heavy atom. The minimum Gasteiger partial charge on any atom is -0.298 e. The van der Waals surface area contributed by atoms with Gasteiger partial charge in [0, 0.05) is 10.7 Å². The molecule has 4 nitrogen and oxygen atoms in total. The second kappa shape index (κ2) is 5.71. The Labute approximate surface area is 138 Å². The van der Waals surface area contributed by atoms with E-state index in [1.807, 2.05) is 25.1 Å². The summed E-state index contributed by atoms with van der Waals surface area (Å²) in [5.74, 6) is -0.329. The van der Waals surface area contributed by atoms with E-state index in [9.17, 15) is 4.79 Å². The Kier molecular flexibility index (Phi) is 3.93. The van der Waals surface area contributed by atoms with Gasteiger partial charge in [-0.2, -0.15) is 0 Å². The van der Waals surface area contributed by atoms with E-state index >= 15 is 0 Å². The van der Waals surface area contributed by atoms with E-state index in [-0.39, 0.29) is 11.1 Å². The Hall–Kier alpha value is -1.50. The number of hydrogen-bond acceptors (Lipinski definition) is 4. The molecular weight excluding hydrogens is 374 g/mol. The topological polar surface area (TPSA) is 54.9 Å². The summed E-state index contributed by atoms with van der Waals surface area (Å²) in [5, 5.41) is 3.46. The number of rotatable bonds is 2. The summed E-state index contributed by atoms with van der Waals surface area (Å²) in [5.41, 5.74) is 2.32. The van der Waals surface area contributed by atoms with Gasteiger partial charge in [0.2, 0.25) is 0 Å². The number of thiazole rings is 1. The molecule has 0 atom stereocenters. The quantitative estimate of drug-likeness (QED) is 0.655. The Bertz CT molecular complexity index is 849. The zero-order valence-electron chi connectivity index (χ0n) is 10.9. The molecule has 0 spiro atoms. The zero-order chi connectivity index (χ0) is 15.0. The summed E-state index contributed by atoms with van der Waals surface area (Å²) in [6, 6.07) is 7.59. The van der Waals surface area contributed by atoms with Crippen LogP contribution in [-0.4, -0.2) is 15.9 Å². The Balaban J connectivity index is 1.90. The van der Waals surface area contributed by atoms with Gasteiger partial charge in [0.25, 0.3) is 5.91 Å². The molecular formula is C14H9BrClN3OS. The number of benzene rings is 1. The van der Waals surface area contributed by atoms with Crippen LogP contribution in [-0.2, 0) is 0 Å². The molecule has 1 aromatic carbocycles. The van der Waals surface area contributed by atoms with Crippen molar-refractivity contribution < 1.29 is 4.79 Å². The first-order valence-corrected chi connectivity index (χ1v) is 8.01. The van der Waals surface area contributed by atoms with Crippen LogP contribution in [0.1, 0.15) is 15.9 Å². The molecule has 1 amide bonds. The smallest absolute Gasteiger partial charge is 0.260 e. The van der Waals surface area contributed by atoms with Crippen LogP contribution in [0.25, 0.3) is 10.2 Å².